The van der Waals surface area contributed by atoms with Gasteiger partial charge in [0, 0.05) is 65.5 Å². The van der Waals surface area contributed by atoms with Gasteiger partial charge < -0.3 is 15.1 Å². The number of hydrogen-bond donors (Lipinski definition) is 2. The van der Waals surface area contributed by atoms with Crippen molar-refractivity contribution in [3.63, 3.8) is 0 Å². The Bertz CT molecular complexity index is 1920. The minimum atomic E-state index is -0.372. The van der Waals surface area contributed by atoms with Crippen LogP contribution in [0, 0.1) is 0 Å². The third-order valence-corrected chi connectivity index (χ3v) is 10.3. The quantitative estimate of drug-likeness (QED) is 0.147. The van der Waals surface area contributed by atoms with Crippen molar-refractivity contribution < 1.29 is 19.6 Å². The van der Waals surface area contributed by atoms with Crippen LogP contribution in [0.5, 0.6) is 11.5 Å². The van der Waals surface area contributed by atoms with Crippen molar-refractivity contribution in [1.82, 2.24) is 4.90 Å². The van der Waals surface area contributed by atoms with E-state index in [2.05, 4.69) is 112 Å². The Morgan fingerprint density at radius 2 is 1.09 bits per heavy atom. The maximum Gasteiger partial charge on any atom is 0.254 e. The molecule has 7 nitrogen and oxygen atoms in total. The zero-order chi connectivity index (χ0) is 39.8. The molecule has 1 aromatic heterocycles. The van der Waals surface area contributed by atoms with Crippen LogP contribution in [-0.4, -0.2) is 58.6 Å². The van der Waals surface area contributed by atoms with Crippen LogP contribution in [0.4, 0.5) is 0 Å². The number of nitrogens with zero attached hydrogens (tertiary/aromatic N) is 4. The highest BCUT2D eigenvalue weighted by Crippen LogP contribution is 2.39. The first-order chi connectivity index (χ1) is 25.0. The lowest BCUT2D eigenvalue weighted by molar-refractivity contribution is -0.688. The minimum Gasteiger partial charge on any atom is -0.507 e. The lowest BCUT2D eigenvalue weighted by Crippen LogP contribution is -2.35. The Balaban J connectivity index is 1.52. The van der Waals surface area contributed by atoms with Crippen LogP contribution in [0.2, 0.25) is 0 Å². The van der Waals surface area contributed by atoms with Gasteiger partial charge in [0.1, 0.15) is 11.5 Å². The lowest BCUT2D eigenvalue weighted by Gasteiger charge is -2.27. The summed E-state index contributed by atoms with van der Waals surface area (Å²) < 4.78 is 2.06. The summed E-state index contributed by atoms with van der Waals surface area (Å²) in [4.78, 5) is 26.0. The van der Waals surface area contributed by atoms with E-state index in [0.29, 0.717) is 36.3 Å². The van der Waals surface area contributed by atoms with E-state index in [1.54, 1.807) is 12.4 Å². The van der Waals surface area contributed by atoms with Crippen LogP contribution < -0.4 is 4.57 Å². The molecule has 7 heteroatoms. The molecule has 0 unspecified atom stereocenters. The molecule has 0 spiro atoms. The van der Waals surface area contributed by atoms with Crippen molar-refractivity contribution in [2.24, 2.45) is 9.98 Å². The number of hydrogen-bond acceptors (Lipinski definition) is 5. The first kappa shape index (κ1) is 40.4. The normalized spacial score (nSPS) is 17.2. The number of carbonyl (C=O) groups is 1. The first-order valence-electron chi connectivity index (χ1n) is 19.2. The molecule has 286 valence electrons. The van der Waals surface area contributed by atoms with Gasteiger partial charge in [0.25, 0.3) is 5.91 Å². The highest BCUT2D eigenvalue weighted by Gasteiger charge is 2.36. The third-order valence-electron chi connectivity index (χ3n) is 10.3. The fourth-order valence-electron chi connectivity index (χ4n) is 6.78. The Kier molecular flexibility index (Phi) is 11.3. The standard InChI is InChI=1S/C47H60N4O3/c1-44(2,3)35-22-33(41(52)37(24-35)46(7,8)9)26-48-39-29-51(43(54)32-18-20-50(21-19-32)28-31-16-14-13-15-17-31)30-40(39)49-27-34-23-36(45(4,5)6)25-38(42(34)53)47(10,11)12/h13-27,39-40H,28-30H2,1-12H3,(H-,48,49,52,53)/p+1/t39-,40-/m1/s1. The van der Waals surface area contributed by atoms with Gasteiger partial charge >= 0.3 is 0 Å². The molecular weight excluding hydrogens is 669 g/mol. The number of carbonyl (C=O) groups excluding carboxylic acids is 1. The van der Waals surface area contributed by atoms with E-state index in [1.807, 2.05) is 59.8 Å². The van der Waals surface area contributed by atoms with Crippen LogP contribution in [0.1, 0.15) is 132 Å². The van der Waals surface area contributed by atoms with Crippen LogP contribution in [0.25, 0.3) is 0 Å². The van der Waals surface area contributed by atoms with Gasteiger partial charge in [-0.05, 0) is 44.9 Å². The van der Waals surface area contributed by atoms with Crippen LogP contribution in [0.15, 0.2) is 89.1 Å². The molecule has 0 radical (unpaired) electrons. The average Bonchev–Trinajstić information content (AvgIpc) is 3.48. The summed E-state index contributed by atoms with van der Waals surface area (Å²) >= 11 is 0. The summed E-state index contributed by atoms with van der Waals surface area (Å²) in [5, 5.41) is 23.0. The zero-order valence-electron chi connectivity index (χ0n) is 34.5. The van der Waals surface area contributed by atoms with Gasteiger partial charge in [-0.2, -0.15) is 0 Å². The van der Waals surface area contributed by atoms with Crippen molar-refractivity contribution in [3.8, 4) is 11.5 Å². The number of amides is 1. The Morgan fingerprint density at radius 3 is 1.48 bits per heavy atom. The molecule has 54 heavy (non-hydrogen) atoms. The number of phenols is 2. The summed E-state index contributed by atoms with van der Waals surface area (Å²) in [5.41, 5.74) is 6.22. The van der Waals surface area contributed by atoms with Gasteiger partial charge in [-0.15, -0.1) is 0 Å². The Labute approximate surface area is 323 Å². The van der Waals surface area contributed by atoms with Gasteiger partial charge in [-0.25, -0.2) is 4.57 Å². The Hall–Kier alpha value is -4.78. The molecule has 2 N–H and O–H groups in total. The molecule has 1 aliphatic rings. The molecule has 0 aliphatic carbocycles. The van der Waals surface area contributed by atoms with Crippen LogP contribution in [0.3, 0.4) is 0 Å². The maximum absolute atomic E-state index is 14.0. The summed E-state index contributed by atoms with van der Waals surface area (Å²) in [5.74, 6) is 0.355. The van der Waals surface area contributed by atoms with Crippen molar-refractivity contribution in [3.05, 3.63) is 124 Å². The molecule has 0 saturated carbocycles. The number of aromatic nitrogens is 1. The van der Waals surface area contributed by atoms with Gasteiger partial charge in [0.15, 0.2) is 18.9 Å². The largest absolute Gasteiger partial charge is 0.507 e. The second-order valence-electron chi connectivity index (χ2n) is 19.1. The molecule has 1 fully saturated rings. The minimum absolute atomic E-state index is 0.0834. The Morgan fingerprint density at radius 1 is 0.667 bits per heavy atom. The summed E-state index contributed by atoms with van der Waals surface area (Å²) in [7, 11) is 0. The molecule has 1 amide bonds. The van der Waals surface area contributed by atoms with Crippen molar-refractivity contribution >= 4 is 18.3 Å². The number of likely N-dealkylation sites (tertiary alicyclic amines) is 1. The highest BCUT2D eigenvalue weighted by molar-refractivity contribution is 5.94. The summed E-state index contributed by atoms with van der Waals surface area (Å²) in [6.45, 7) is 27.0. The smallest absolute Gasteiger partial charge is 0.254 e. The predicted molar refractivity (Wildman–Crippen MR) is 222 cm³/mol. The topological polar surface area (TPSA) is 89.4 Å². The first-order valence-corrected chi connectivity index (χ1v) is 19.2. The molecular formula is C47H61N4O3+. The fourth-order valence-corrected chi connectivity index (χ4v) is 6.78. The van der Waals surface area contributed by atoms with E-state index in [1.165, 1.54) is 5.56 Å². The molecule has 0 bridgehead atoms. The summed E-state index contributed by atoms with van der Waals surface area (Å²) in [6, 6.07) is 21.5. The number of aromatic hydroxyl groups is 2. The third kappa shape index (κ3) is 9.47. The van der Waals surface area contributed by atoms with Gasteiger partial charge in [-0.1, -0.05) is 126 Å². The number of phenolic OH excluding ortho intramolecular Hbond substituents is 2. The number of rotatable bonds is 7. The molecule has 1 aliphatic heterocycles. The summed E-state index contributed by atoms with van der Waals surface area (Å²) in [6.07, 6.45) is 7.39. The SMILES string of the molecule is CC(C)(C)c1cc(C=N[C@@H]2CN(C(=O)c3cc[n+](Cc4ccccc4)cc3)C[C@H]2N=Cc2cc(C(C)(C)C)cc(C(C)(C)C)c2O)c(O)c(C(C)(C)C)c1. The second-order valence-corrected chi connectivity index (χ2v) is 19.1. The fraction of sp³-hybridized carbons (Fsp3) is 0.447. The van der Waals surface area contributed by atoms with Crippen LogP contribution >= 0.6 is 0 Å². The van der Waals surface area contributed by atoms with E-state index >= 15 is 0 Å². The van der Waals surface area contributed by atoms with E-state index < -0.39 is 0 Å². The van der Waals surface area contributed by atoms with Crippen LogP contribution in [-0.2, 0) is 28.2 Å². The van der Waals surface area contributed by atoms with E-state index in [4.69, 9.17) is 9.98 Å². The molecule has 2 atom stereocenters. The molecule has 1 saturated heterocycles. The predicted octanol–water partition coefficient (Wildman–Crippen LogP) is 9.05. The number of aliphatic imine (C=N–C) groups is 2. The van der Waals surface area contributed by atoms with E-state index in [0.717, 1.165) is 22.3 Å². The second kappa shape index (κ2) is 15.2. The zero-order valence-corrected chi connectivity index (χ0v) is 34.5. The van der Waals surface area contributed by atoms with E-state index in [-0.39, 0.29) is 51.1 Å². The highest BCUT2D eigenvalue weighted by atomic mass is 16.3. The van der Waals surface area contributed by atoms with Crippen molar-refractivity contribution in [2.75, 3.05) is 13.1 Å². The molecule has 5 rings (SSSR count). The number of pyridine rings is 1. The van der Waals surface area contributed by atoms with E-state index in [9.17, 15) is 15.0 Å². The average molecular weight is 730 g/mol. The van der Waals surface area contributed by atoms with Crippen molar-refractivity contribution in [2.45, 2.75) is 123 Å². The van der Waals surface area contributed by atoms with Gasteiger partial charge in [0.05, 0.1) is 17.6 Å². The number of benzene rings is 3. The maximum atomic E-state index is 14.0. The van der Waals surface area contributed by atoms with Gasteiger partial charge in [-0.3, -0.25) is 14.8 Å². The van der Waals surface area contributed by atoms with Gasteiger partial charge in [0.2, 0.25) is 0 Å². The molecule has 2 heterocycles. The molecule has 3 aromatic carbocycles. The molecule has 4 aromatic rings. The monoisotopic (exact) mass is 729 g/mol. The van der Waals surface area contributed by atoms with Crippen molar-refractivity contribution in [1.29, 1.82) is 0 Å². The lowest BCUT2D eigenvalue weighted by atomic mass is 9.79.